The molecule has 27 heavy (non-hydrogen) atoms. The molecule has 10 nitrogen and oxygen atoms in total. The van der Waals surface area contributed by atoms with E-state index in [9.17, 15) is 13.2 Å². The van der Waals surface area contributed by atoms with Crippen LogP contribution < -0.4 is 0 Å². The molecule has 0 unspecified atom stereocenters. The van der Waals surface area contributed by atoms with Crippen LogP contribution >= 0.6 is 0 Å². The normalized spacial score (nSPS) is 23.4. The highest BCUT2D eigenvalue weighted by Gasteiger charge is 2.38. The number of ether oxygens (including phenoxy) is 1. The first-order chi connectivity index (χ1) is 12.9. The van der Waals surface area contributed by atoms with Crippen molar-refractivity contribution in [2.24, 2.45) is 0 Å². The first-order valence-electron chi connectivity index (χ1n) is 9.32. The van der Waals surface area contributed by atoms with Crippen LogP contribution in [-0.2, 0) is 14.8 Å². The lowest BCUT2D eigenvalue weighted by Gasteiger charge is -2.41. The molecule has 3 fully saturated rings. The van der Waals surface area contributed by atoms with Crippen LogP contribution in [0.1, 0.15) is 36.4 Å². The summed E-state index contributed by atoms with van der Waals surface area (Å²) in [7, 11) is -3.14. The molecule has 3 saturated heterocycles. The summed E-state index contributed by atoms with van der Waals surface area (Å²) in [6.07, 6.45) is 2.62. The van der Waals surface area contributed by atoms with Gasteiger partial charge in [-0.15, -0.1) is 0 Å². The van der Waals surface area contributed by atoms with E-state index in [1.54, 1.807) is 4.90 Å². The van der Waals surface area contributed by atoms with Gasteiger partial charge >= 0.3 is 6.03 Å². The Hall–Kier alpha value is -1.72. The van der Waals surface area contributed by atoms with Crippen LogP contribution in [-0.4, -0.2) is 97.4 Å². The molecule has 4 heterocycles. The van der Waals surface area contributed by atoms with Crippen LogP contribution in [0, 0.1) is 0 Å². The van der Waals surface area contributed by atoms with Crippen LogP contribution in [0.15, 0.2) is 4.52 Å². The molecule has 0 aliphatic carbocycles. The molecule has 3 aliphatic heterocycles. The van der Waals surface area contributed by atoms with E-state index in [2.05, 4.69) is 10.1 Å². The highest BCUT2D eigenvalue weighted by atomic mass is 32.2. The molecule has 0 N–H and O–H groups in total. The molecule has 0 aromatic carbocycles. The number of rotatable bonds is 3. The summed E-state index contributed by atoms with van der Waals surface area (Å²) in [4.78, 5) is 20.5. The van der Waals surface area contributed by atoms with Crippen LogP contribution in [0.2, 0.25) is 0 Å². The molecule has 0 spiro atoms. The summed E-state index contributed by atoms with van der Waals surface area (Å²) in [6, 6.07) is 0.0439. The minimum atomic E-state index is -3.14. The van der Waals surface area contributed by atoms with Crippen molar-refractivity contribution in [1.82, 2.24) is 24.2 Å². The Bertz CT molecular complexity index is 777. The number of piperidine rings is 1. The van der Waals surface area contributed by atoms with Crippen molar-refractivity contribution in [3.05, 3.63) is 11.7 Å². The smallest absolute Gasteiger partial charge is 0.320 e. The number of urea groups is 1. The zero-order valence-electron chi connectivity index (χ0n) is 15.4. The second-order valence-electron chi connectivity index (χ2n) is 7.41. The fraction of sp³-hybridized carbons (Fsp3) is 0.812. The zero-order valence-corrected chi connectivity index (χ0v) is 16.2. The van der Waals surface area contributed by atoms with E-state index in [1.165, 1.54) is 10.6 Å². The molecule has 0 radical (unpaired) electrons. The lowest BCUT2D eigenvalue weighted by molar-refractivity contribution is 0.0331. The number of likely N-dealkylation sites (tertiary alicyclic amines) is 1. The fourth-order valence-electron chi connectivity index (χ4n) is 3.77. The van der Waals surface area contributed by atoms with Gasteiger partial charge in [0, 0.05) is 45.2 Å². The predicted octanol–water partition coefficient (Wildman–Crippen LogP) is 0.0600. The minimum Gasteiger partial charge on any atom is -0.378 e. The Morgan fingerprint density at radius 1 is 1.04 bits per heavy atom. The lowest BCUT2D eigenvalue weighted by atomic mass is 9.97. The van der Waals surface area contributed by atoms with Crippen molar-refractivity contribution in [2.45, 2.75) is 24.7 Å². The average molecular weight is 399 g/mol. The van der Waals surface area contributed by atoms with Gasteiger partial charge in [-0.1, -0.05) is 5.16 Å². The monoisotopic (exact) mass is 399 g/mol. The van der Waals surface area contributed by atoms with Crippen molar-refractivity contribution in [3.63, 3.8) is 0 Å². The van der Waals surface area contributed by atoms with E-state index in [4.69, 9.17) is 9.26 Å². The Balaban J connectivity index is 1.29. The second kappa shape index (κ2) is 7.36. The van der Waals surface area contributed by atoms with Gasteiger partial charge in [0.05, 0.1) is 25.4 Å². The number of carbonyl (C=O) groups excluding carboxylic acids is 1. The summed E-state index contributed by atoms with van der Waals surface area (Å²) in [5, 5.41) is 4.11. The SMILES string of the molecule is CS(=O)(=O)N1CCC(c2noc(C3CN(C(=O)N4CCOCC4)C3)n2)CC1. The molecule has 3 aliphatic rings. The molecule has 1 aromatic rings. The van der Waals surface area contributed by atoms with E-state index in [1.807, 2.05) is 4.90 Å². The highest BCUT2D eigenvalue weighted by Crippen LogP contribution is 2.31. The van der Waals surface area contributed by atoms with E-state index in [-0.39, 0.29) is 17.9 Å². The van der Waals surface area contributed by atoms with Crippen molar-refractivity contribution in [3.8, 4) is 0 Å². The third-order valence-electron chi connectivity index (χ3n) is 5.53. The molecule has 150 valence electrons. The van der Waals surface area contributed by atoms with Gasteiger partial charge in [0.15, 0.2) is 5.82 Å². The Labute approximate surface area is 158 Å². The molecule has 1 aromatic heterocycles. The third kappa shape index (κ3) is 3.94. The number of sulfonamides is 1. The molecule has 11 heteroatoms. The van der Waals surface area contributed by atoms with Crippen molar-refractivity contribution in [2.75, 3.05) is 58.7 Å². The largest absolute Gasteiger partial charge is 0.378 e. The number of aromatic nitrogens is 2. The first-order valence-corrected chi connectivity index (χ1v) is 11.2. The van der Waals surface area contributed by atoms with E-state index in [0.29, 0.717) is 77.0 Å². The topological polar surface area (TPSA) is 109 Å². The van der Waals surface area contributed by atoms with Crippen LogP contribution in [0.3, 0.4) is 0 Å². The number of carbonyl (C=O) groups is 1. The quantitative estimate of drug-likeness (QED) is 0.707. The number of morpholine rings is 1. The molecular weight excluding hydrogens is 374 g/mol. The zero-order chi connectivity index (χ0) is 19.0. The Kier molecular flexibility index (Phi) is 5.08. The second-order valence-corrected chi connectivity index (χ2v) is 9.39. The van der Waals surface area contributed by atoms with Crippen molar-refractivity contribution >= 4 is 16.1 Å². The Morgan fingerprint density at radius 2 is 1.70 bits per heavy atom. The summed E-state index contributed by atoms with van der Waals surface area (Å²) >= 11 is 0. The number of hydrogen-bond acceptors (Lipinski definition) is 7. The van der Waals surface area contributed by atoms with Gasteiger partial charge in [0.25, 0.3) is 0 Å². The van der Waals surface area contributed by atoms with Crippen LogP contribution in [0.5, 0.6) is 0 Å². The lowest BCUT2D eigenvalue weighted by Crippen LogP contribution is -2.55. The van der Waals surface area contributed by atoms with E-state index >= 15 is 0 Å². The molecular formula is C16H25N5O5S. The molecule has 2 amide bonds. The van der Waals surface area contributed by atoms with Gasteiger partial charge in [-0.05, 0) is 12.8 Å². The maximum atomic E-state index is 12.4. The van der Waals surface area contributed by atoms with Gasteiger partial charge in [0.1, 0.15) is 0 Å². The minimum absolute atomic E-state index is 0.0439. The highest BCUT2D eigenvalue weighted by molar-refractivity contribution is 7.88. The Morgan fingerprint density at radius 3 is 2.33 bits per heavy atom. The number of amides is 2. The van der Waals surface area contributed by atoms with Gasteiger partial charge in [-0.2, -0.15) is 4.98 Å². The van der Waals surface area contributed by atoms with Crippen molar-refractivity contribution in [1.29, 1.82) is 0 Å². The number of nitrogens with zero attached hydrogens (tertiary/aromatic N) is 5. The fourth-order valence-corrected chi connectivity index (χ4v) is 4.64. The summed E-state index contributed by atoms with van der Waals surface area (Å²) < 4.78 is 35.4. The predicted molar refractivity (Wildman–Crippen MR) is 94.8 cm³/mol. The summed E-state index contributed by atoms with van der Waals surface area (Å²) in [6.45, 7) is 4.60. The molecule has 0 saturated carbocycles. The third-order valence-corrected chi connectivity index (χ3v) is 6.83. The van der Waals surface area contributed by atoms with E-state index < -0.39 is 10.0 Å². The standard InChI is InChI=1S/C16H25N5O5S/c1-27(23,24)21-4-2-12(3-5-21)14-17-15(26-18-14)13-10-20(11-13)16(22)19-6-8-25-9-7-19/h12-13H,2-11H2,1H3. The van der Waals surface area contributed by atoms with Crippen molar-refractivity contribution < 1.29 is 22.5 Å². The molecule has 0 atom stereocenters. The maximum Gasteiger partial charge on any atom is 0.320 e. The summed E-state index contributed by atoms with van der Waals surface area (Å²) in [5.74, 6) is 1.41. The average Bonchev–Trinajstić information content (AvgIpc) is 3.10. The van der Waals surface area contributed by atoms with Gasteiger partial charge in [0.2, 0.25) is 15.9 Å². The maximum absolute atomic E-state index is 12.4. The van der Waals surface area contributed by atoms with Gasteiger partial charge in [-0.3, -0.25) is 0 Å². The van der Waals surface area contributed by atoms with Crippen LogP contribution in [0.25, 0.3) is 0 Å². The summed E-state index contributed by atoms with van der Waals surface area (Å²) in [5.41, 5.74) is 0. The number of hydrogen-bond donors (Lipinski definition) is 0. The van der Waals surface area contributed by atoms with E-state index in [0.717, 1.165) is 0 Å². The molecule has 4 rings (SSSR count). The van der Waals surface area contributed by atoms with Crippen LogP contribution in [0.4, 0.5) is 4.79 Å². The first kappa shape index (κ1) is 18.6. The van der Waals surface area contributed by atoms with Gasteiger partial charge < -0.3 is 19.1 Å². The van der Waals surface area contributed by atoms with Gasteiger partial charge in [-0.25, -0.2) is 17.5 Å². The molecule has 0 bridgehead atoms.